The van der Waals surface area contributed by atoms with Gasteiger partial charge in [0.1, 0.15) is 0 Å². The molecule has 0 aliphatic carbocycles. The topological polar surface area (TPSA) is 80.3 Å². The molecule has 1 N–H and O–H groups in total. The summed E-state index contributed by atoms with van der Waals surface area (Å²) in [6.45, 7) is 1.97. The highest BCUT2D eigenvalue weighted by molar-refractivity contribution is 7.91. The van der Waals surface area contributed by atoms with Crippen LogP contribution in [0.5, 0.6) is 0 Å². The molecule has 0 aromatic heterocycles. The third kappa shape index (κ3) is 5.57. The Kier molecular flexibility index (Phi) is 5.90. The van der Waals surface area contributed by atoms with Crippen molar-refractivity contribution in [1.29, 1.82) is 0 Å². The Balaban J connectivity index is 2.20. The highest BCUT2D eigenvalue weighted by Gasteiger charge is 2.18. The lowest BCUT2D eigenvalue weighted by atomic mass is 10.1. The molecule has 0 saturated carbocycles. The maximum atomic E-state index is 12.1. The number of sulfone groups is 2. The first-order valence-corrected chi connectivity index (χ1v) is 11.7. The molecule has 1 unspecified atom stereocenters. The van der Waals surface area contributed by atoms with Crippen LogP contribution >= 0.6 is 0 Å². The molecule has 0 aliphatic heterocycles. The molecule has 0 fully saturated rings. The fraction of sp³-hybridized carbons (Fsp3) is 0.333. The largest absolute Gasteiger partial charge is 0.382 e. The zero-order valence-electron chi connectivity index (χ0n) is 14.6. The van der Waals surface area contributed by atoms with Gasteiger partial charge >= 0.3 is 0 Å². The summed E-state index contributed by atoms with van der Waals surface area (Å²) >= 11 is 0. The molecule has 25 heavy (non-hydrogen) atoms. The van der Waals surface area contributed by atoms with Gasteiger partial charge in [-0.15, -0.1) is 0 Å². The number of anilines is 1. The van der Waals surface area contributed by atoms with Crippen LogP contribution in [0.2, 0.25) is 0 Å². The summed E-state index contributed by atoms with van der Waals surface area (Å²) < 4.78 is 47.5. The van der Waals surface area contributed by atoms with Crippen molar-refractivity contribution in [2.45, 2.75) is 35.6 Å². The maximum absolute atomic E-state index is 12.1. The van der Waals surface area contributed by atoms with Gasteiger partial charge < -0.3 is 5.32 Å². The van der Waals surface area contributed by atoms with Crippen LogP contribution in [0.3, 0.4) is 0 Å². The molecule has 2 rings (SSSR count). The summed E-state index contributed by atoms with van der Waals surface area (Å²) in [5.41, 5.74) is 1.64. The summed E-state index contributed by atoms with van der Waals surface area (Å²) in [4.78, 5) is -0.00241. The third-order valence-corrected chi connectivity index (χ3v) is 6.14. The van der Waals surface area contributed by atoms with Crippen LogP contribution in [0.15, 0.2) is 58.3 Å². The molecule has 0 radical (unpaired) electrons. The molecule has 0 heterocycles. The Morgan fingerprint density at radius 2 is 1.56 bits per heavy atom. The Bertz CT molecular complexity index is 936. The monoisotopic (exact) mass is 381 g/mol. The number of rotatable bonds is 7. The number of nitrogens with one attached hydrogen (secondary N) is 1. The highest BCUT2D eigenvalue weighted by Crippen LogP contribution is 2.26. The lowest BCUT2D eigenvalue weighted by Gasteiger charge is -2.18. The van der Waals surface area contributed by atoms with E-state index in [0.717, 1.165) is 25.4 Å². The Hall–Kier alpha value is -1.86. The lowest BCUT2D eigenvalue weighted by Crippen LogP contribution is -2.18. The number of benzene rings is 2. The molecule has 1 atom stereocenters. The van der Waals surface area contributed by atoms with Crippen molar-refractivity contribution in [2.24, 2.45) is 0 Å². The van der Waals surface area contributed by atoms with E-state index in [0.29, 0.717) is 5.69 Å². The quantitative estimate of drug-likeness (QED) is 0.798. The average molecular weight is 382 g/mol. The molecule has 0 aliphatic rings. The minimum Gasteiger partial charge on any atom is -0.382 e. The van der Waals surface area contributed by atoms with Crippen molar-refractivity contribution in [3.05, 3.63) is 54.1 Å². The molecule has 0 spiro atoms. The molecule has 0 bridgehead atoms. The second-order valence-electron chi connectivity index (χ2n) is 6.27. The van der Waals surface area contributed by atoms with Crippen molar-refractivity contribution in [1.82, 2.24) is 0 Å². The zero-order valence-corrected chi connectivity index (χ0v) is 16.2. The van der Waals surface area contributed by atoms with E-state index in [1.165, 1.54) is 23.8 Å². The molecule has 7 heteroatoms. The first-order chi connectivity index (χ1) is 11.6. The minimum absolute atomic E-state index is 0.00184. The predicted octanol–water partition coefficient (Wildman–Crippen LogP) is 2.93. The van der Waals surface area contributed by atoms with E-state index < -0.39 is 19.7 Å². The van der Waals surface area contributed by atoms with Crippen LogP contribution in [0.25, 0.3) is 0 Å². The first kappa shape index (κ1) is 19.5. The van der Waals surface area contributed by atoms with Gasteiger partial charge in [-0.3, -0.25) is 0 Å². The number of aryl methyl sites for hydroxylation is 1. The standard InChI is InChI=1S/C18H23NO4S2/c1-14(9-10-15-7-5-4-6-8-15)19-17-12-11-16(24(2,20)21)13-18(17)25(3,22)23/h4-8,11-14,19H,9-10H2,1-3H3. The Labute approximate surface area is 149 Å². The Morgan fingerprint density at radius 1 is 0.920 bits per heavy atom. The predicted molar refractivity (Wildman–Crippen MR) is 101 cm³/mol. The fourth-order valence-corrected chi connectivity index (χ4v) is 4.11. The highest BCUT2D eigenvalue weighted by atomic mass is 32.2. The summed E-state index contributed by atoms with van der Waals surface area (Å²) in [5, 5.41) is 3.19. The van der Waals surface area contributed by atoms with Gasteiger partial charge in [0.05, 0.1) is 15.5 Å². The van der Waals surface area contributed by atoms with Crippen molar-refractivity contribution >= 4 is 25.4 Å². The number of hydrogen-bond donors (Lipinski definition) is 1. The molecule has 2 aromatic rings. The van der Waals surface area contributed by atoms with Crippen LogP contribution in [0, 0.1) is 0 Å². The van der Waals surface area contributed by atoms with Gasteiger partial charge in [0.25, 0.3) is 0 Å². The SMILES string of the molecule is CC(CCc1ccccc1)Nc1ccc(S(C)(=O)=O)cc1S(C)(=O)=O. The summed E-state index contributed by atoms with van der Waals surface area (Å²) in [6, 6.07) is 14.2. The van der Waals surface area contributed by atoms with E-state index in [9.17, 15) is 16.8 Å². The second-order valence-corrected chi connectivity index (χ2v) is 10.3. The molecular weight excluding hydrogens is 358 g/mol. The van der Waals surface area contributed by atoms with E-state index in [4.69, 9.17) is 0 Å². The maximum Gasteiger partial charge on any atom is 0.177 e. The summed E-state index contributed by atoms with van der Waals surface area (Å²) in [6.07, 6.45) is 3.82. The van der Waals surface area contributed by atoms with Gasteiger partial charge in [-0.25, -0.2) is 16.8 Å². The van der Waals surface area contributed by atoms with E-state index in [1.807, 2.05) is 25.1 Å². The van der Waals surface area contributed by atoms with Gasteiger partial charge in [0.15, 0.2) is 19.7 Å². The lowest BCUT2D eigenvalue weighted by molar-refractivity contribution is 0.600. The van der Waals surface area contributed by atoms with Gasteiger partial charge in [-0.2, -0.15) is 0 Å². The number of hydrogen-bond acceptors (Lipinski definition) is 5. The van der Waals surface area contributed by atoms with Crippen LogP contribution in [-0.2, 0) is 26.1 Å². The van der Waals surface area contributed by atoms with E-state index in [1.54, 1.807) is 0 Å². The molecule has 2 aromatic carbocycles. The third-order valence-electron chi connectivity index (χ3n) is 3.89. The van der Waals surface area contributed by atoms with Gasteiger partial charge in [-0.05, 0) is 43.5 Å². The van der Waals surface area contributed by atoms with E-state index >= 15 is 0 Å². The van der Waals surface area contributed by atoms with Crippen LogP contribution in [0.1, 0.15) is 18.9 Å². The van der Waals surface area contributed by atoms with Crippen LogP contribution in [0.4, 0.5) is 5.69 Å². The first-order valence-electron chi connectivity index (χ1n) is 7.92. The molecule has 5 nitrogen and oxygen atoms in total. The fourth-order valence-electron chi connectivity index (χ4n) is 2.52. The molecular formula is C18H23NO4S2. The van der Waals surface area contributed by atoms with E-state index in [2.05, 4.69) is 17.4 Å². The summed E-state index contributed by atoms with van der Waals surface area (Å²) in [7, 11) is -7.03. The average Bonchev–Trinajstić information content (AvgIpc) is 2.52. The van der Waals surface area contributed by atoms with Crippen molar-refractivity contribution in [2.75, 3.05) is 17.8 Å². The summed E-state index contributed by atoms with van der Waals surface area (Å²) in [5.74, 6) is 0. The van der Waals surface area contributed by atoms with Gasteiger partial charge in [0.2, 0.25) is 0 Å². The van der Waals surface area contributed by atoms with Crippen molar-refractivity contribution in [3.8, 4) is 0 Å². The van der Waals surface area contributed by atoms with Gasteiger partial charge in [0, 0.05) is 18.6 Å². The molecule has 136 valence electrons. The molecule has 0 saturated heterocycles. The molecule has 0 amide bonds. The Morgan fingerprint density at radius 3 is 2.12 bits per heavy atom. The van der Waals surface area contributed by atoms with Gasteiger partial charge in [-0.1, -0.05) is 30.3 Å². The van der Waals surface area contributed by atoms with Crippen molar-refractivity contribution in [3.63, 3.8) is 0 Å². The van der Waals surface area contributed by atoms with E-state index in [-0.39, 0.29) is 15.8 Å². The zero-order chi connectivity index (χ0) is 18.7. The van der Waals surface area contributed by atoms with Crippen LogP contribution < -0.4 is 5.32 Å². The van der Waals surface area contributed by atoms with Crippen molar-refractivity contribution < 1.29 is 16.8 Å². The smallest absolute Gasteiger partial charge is 0.177 e. The minimum atomic E-state index is -3.56. The normalized spacial score (nSPS) is 13.4. The second kappa shape index (κ2) is 7.58. The van der Waals surface area contributed by atoms with Crippen LogP contribution in [-0.4, -0.2) is 35.4 Å².